The van der Waals surface area contributed by atoms with Gasteiger partial charge in [0.25, 0.3) is 0 Å². The van der Waals surface area contributed by atoms with E-state index in [4.69, 9.17) is 4.42 Å². The maximum absolute atomic E-state index is 11.5. The molecule has 0 saturated heterocycles. The SMILES string of the molecule is Cc1occc1CN(C)C1(C(=O)O)CCCC1. The third-order valence-electron chi connectivity index (χ3n) is 3.93. The Balaban J connectivity index is 2.15. The average Bonchev–Trinajstić information content (AvgIpc) is 2.89. The van der Waals surface area contributed by atoms with Gasteiger partial charge in [0.15, 0.2) is 0 Å². The summed E-state index contributed by atoms with van der Waals surface area (Å²) in [4.78, 5) is 13.5. The zero-order valence-corrected chi connectivity index (χ0v) is 10.4. The summed E-state index contributed by atoms with van der Waals surface area (Å²) in [7, 11) is 1.89. The number of furan rings is 1. The highest BCUT2D eigenvalue weighted by atomic mass is 16.4. The van der Waals surface area contributed by atoms with Crippen LogP contribution in [0.4, 0.5) is 0 Å². The molecule has 0 aromatic carbocycles. The van der Waals surface area contributed by atoms with E-state index in [0.717, 1.165) is 37.0 Å². The van der Waals surface area contributed by atoms with Crippen molar-refractivity contribution in [3.05, 3.63) is 23.7 Å². The van der Waals surface area contributed by atoms with Crippen LogP contribution in [-0.4, -0.2) is 28.6 Å². The van der Waals surface area contributed by atoms with Gasteiger partial charge in [0.2, 0.25) is 0 Å². The smallest absolute Gasteiger partial charge is 0.324 e. The van der Waals surface area contributed by atoms with Crippen molar-refractivity contribution in [1.82, 2.24) is 4.90 Å². The van der Waals surface area contributed by atoms with Crippen molar-refractivity contribution in [3.8, 4) is 0 Å². The molecule has 0 spiro atoms. The second kappa shape index (κ2) is 4.53. The number of aryl methyl sites for hydroxylation is 1. The van der Waals surface area contributed by atoms with Gasteiger partial charge in [0, 0.05) is 12.1 Å². The Morgan fingerprint density at radius 2 is 2.18 bits per heavy atom. The highest BCUT2D eigenvalue weighted by molar-refractivity contribution is 5.79. The molecule has 1 aromatic heterocycles. The zero-order chi connectivity index (χ0) is 12.5. The molecule has 0 radical (unpaired) electrons. The summed E-state index contributed by atoms with van der Waals surface area (Å²) in [6.45, 7) is 2.54. The van der Waals surface area contributed by atoms with Crippen LogP contribution in [-0.2, 0) is 11.3 Å². The van der Waals surface area contributed by atoms with Crippen LogP contribution in [0.25, 0.3) is 0 Å². The third kappa shape index (κ3) is 2.09. The molecule has 0 amide bonds. The van der Waals surface area contributed by atoms with E-state index >= 15 is 0 Å². The van der Waals surface area contributed by atoms with Crippen molar-refractivity contribution >= 4 is 5.97 Å². The van der Waals surface area contributed by atoms with Crippen molar-refractivity contribution in [1.29, 1.82) is 0 Å². The molecule has 1 aromatic rings. The molecule has 0 aliphatic heterocycles. The van der Waals surface area contributed by atoms with Crippen molar-refractivity contribution in [2.75, 3.05) is 7.05 Å². The first-order valence-electron chi connectivity index (χ1n) is 6.04. The summed E-state index contributed by atoms with van der Waals surface area (Å²) >= 11 is 0. The highest BCUT2D eigenvalue weighted by Gasteiger charge is 2.44. The predicted octanol–water partition coefficient (Wildman–Crippen LogP) is 2.42. The minimum atomic E-state index is -0.696. The molecule has 1 heterocycles. The average molecular weight is 237 g/mol. The number of carbonyl (C=O) groups is 1. The van der Waals surface area contributed by atoms with Crippen LogP contribution in [0.1, 0.15) is 37.0 Å². The molecule has 1 aliphatic rings. The van der Waals surface area contributed by atoms with Crippen LogP contribution in [0, 0.1) is 6.92 Å². The summed E-state index contributed by atoms with van der Waals surface area (Å²) in [5.41, 5.74) is 0.393. The molecule has 4 heteroatoms. The topological polar surface area (TPSA) is 53.7 Å². The molecule has 0 atom stereocenters. The summed E-state index contributed by atoms with van der Waals surface area (Å²) in [5, 5.41) is 9.47. The van der Waals surface area contributed by atoms with Gasteiger partial charge in [-0.2, -0.15) is 0 Å². The molecule has 0 bridgehead atoms. The Kier molecular flexibility index (Phi) is 3.24. The lowest BCUT2D eigenvalue weighted by Crippen LogP contribution is -2.50. The summed E-state index contributed by atoms with van der Waals surface area (Å²) < 4.78 is 5.25. The van der Waals surface area contributed by atoms with Crippen LogP contribution >= 0.6 is 0 Å². The Morgan fingerprint density at radius 1 is 1.53 bits per heavy atom. The molecule has 94 valence electrons. The number of hydrogen-bond acceptors (Lipinski definition) is 3. The van der Waals surface area contributed by atoms with E-state index in [1.165, 1.54) is 0 Å². The van der Waals surface area contributed by atoms with Gasteiger partial charge in [-0.25, -0.2) is 0 Å². The van der Waals surface area contributed by atoms with Crippen molar-refractivity contribution in [3.63, 3.8) is 0 Å². The van der Waals surface area contributed by atoms with E-state index in [-0.39, 0.29) is 0 Å². The van der Waals surface area contributed by atoms with Crippen LogP contribution in [0.15, 0.2) is 16.7 Å². The van der Waals surface area contributed by atoms with E-state index in [0.29, 0.717) is 6.54 Å². The number of nitrogens with zero attached hydrogens (tertiary/aromatic N) is 1. The van der Waals surface area contributed by atoms with Gasteiger partial charge >= 0.3 is 5.97 Å². The Bertz CT molecular complexity index is 405. The van der Waals surface area contributed by atoms with Crippen LogP contribution in [0.2, 0.25) is 0 Å². The van der Waals surface area contributed by atoms with E-state index in [9.17, 15) is 9.90 Å². The summed E-state index contributed by atoms with van der Waals surface area (Å²) in [6.07, 6.45) is 5.15. The largest absolute Gasteiger partial charge is 0.480 e. The van der Waals surface area contributed by atoms with Crippen molar-refractivity contribution in [2.24, 2.45) is 0 Å². The Labute approximate surface area is 101 Å². The molecule has 1 N–H and O–H groups in total. The van der Waals surface area contributed by atoms with Gasteiger partial charge in [-0.05, 0) is 32.9 Å². The van der Waals surface area contributed by atoms with Gasteiger partial charge in [0.1, 0.15) is 11.3 Å². The summed E-state index contributed by atoms with van der Waals surface area (Å²) in [5.74, 6) is 0.175. The van der Waals surface area contributed by atoms with E-state index in [1.54, 1.807) is 6.26 Å². The van der Waals surface area contributed by atoms with Gasteiger partial charge in [-0.15, -0.1) is 0 Å². The molecule has 2 rings (SSSR count). The number of rotatable bonds is 4. The monoisotopic (exact) mass is 237 g/mol. The van der Waals surface area contributed by atoms with E-state index in [2.05, 4.69) is 0 Å². The van der Waals surface area contributed by atoms with Crippen LogP contribution in [0.5, 0.6) is 0 Å². The minimum absolute atomic E-state index is 0.634. The molecule has 4 nitrogen and oxygen atoms in total. The Hall–Kier alpha value is -1.29. The standard InChI is InChI=1S/C13H19NO3/c1-10-11(5-8-17-10)9-14(2)13(12(15)16)6-3-4-7-13/h5,8H,3-4,6-7,9H2,1-2H3,(H,15,16). The third-order valence-corrected chi connectivity index (χ3v) is 3.93. The second-order valence-corrected chi connectivity index (χ2v) is 4.90. The normalized spacial score (nSPS) is 18.8. The molecule has 0 unspecified atom stereocenters. The highest BCUT2D eigenvalue weighted by Crippen LogP contribution is 2.35. The molecule has 17 heavy (non-hydrogen) atoms. The van der Waals surface area contributed by atoms with Crippen LogP contribution < -0.4 is 0 Å². The lowest BCUT2D eigenvalue weighted by atomic mass is 9.95. The first-order valence-corrected chi connectivity index (χ1v) is 6.04. The second-order valence-electron chi connectivity index (χ2n) is 4.90. The molecule has 1 saturated carbocycles. The molecule has 1 fully saturated rings. The van der Waals surface area contributed by atoms with Crippen LogP contribution in [0.3, 0.4) is 0 Å². The number of hydrogen-bond donors (Lipinski definition) is 1. The molecular formula is C13H19NO3. The van der Waals surface area contributed by atoms with Gasteiger partial charge < -0.3 is 9.52 Å². The molecular weight excluding hydrogens is 218 g/mol. The first kappa shape index (κ1) is 12.2. The Morgan fingerprint density at radius 3 is 2.65 bits per heavy atom. The number of carboxylic acids is 1. The van der Waals surface area contributed by atoms with Crippen molar-refractivity contribution in [2.45, 2.75) is 44.7 Å². The quantitative estimate of drug-likeness (QED) is 0.873. The number of aliphatic carboxylic acids is 1. The lowest BCUT2D eigenvalue weighted by molar-refractivity contribution is -0.150. The van der Waals surface area contributed by atoms with Gasteiger partial charge in [-0.1, -0.05) is 12.8 Å². The van der Waals surface area contributed by atoms with Crippen molar-refractivity contribution < 1.29 is 14.3 Å². The zero-order valence-electron chi connectivity index (χ0n) is 10.4. The summed E-state index contributed by atoms with van der Waals surface area (Å²) in [6, 6.07) is 1.91. The molecule has 1 aliphatic carbocycles. The lowest BCUT2D eigenvalue weighted by Gasteiger charge is -2.34. The number of likely N-dealkylation sites (N-methyl/N-ethyl adjacent to an activating group) is 1. The van der Waals surface area contributed by atoms with E-state index < -0.39 is 11.5 Å². The fourth-order valence-corrected chi connectivity index (χ4v) is 2.70. The van der Waals surface area contributed by atoms with Gasteiger partial charge in [-0.3, -0.25) is 9.69 Å². The van der Waals surface area contributed by atoms with Gasteiger partial charge in [0.05, 0.1) is 6.26 Å². The first-order chi connectivity index (χ1) is 8.06. The maximum Gasteiger partial charge on any atom is 0.324 e. The fraction of sp³-hybridized carbons (Fsp3) is 0.615. The number of carboxylic acid groups (broad SMARTS) is 1. The maximum atomic E-state index is 11.5. The predicted molar refractivity (Wildman–Crippen MR) is 63.7 cm³/mol. The fourth-order valence-electron chi connectivity index (χ4n) is 2.70. The van der Waals surface area contributed by atoms with E-state index in [1.807, 2.05) is 24.9 Å². The minimum Gasteiger partial charge on any atom is -0.480 e.